The molecular formula is C41H49BrN10O9S. The number of nitrogens with one attached hydrogen (secondary N) is 4. The van der Waals surface area contributed by atoms with Crippen molar-refractivity contribution >= 4 is 78.8 Å². The Balaban J connectivity index is 0.794. The second-order valence-corrected chi connectivity index (χ2v) is 18.7. The summed E-state index contributed by atoms with van der Waals surface area (Å²) in [4.78, 5) is 87.6. The number of carbonyl (C=O) groups excluding carboxylic acids is 6. The van der Waals surface area contributed by atoms with Crippen molar-refractivity contribution in [2.45, 2.75) is 64.0 Å². The SMILES string of the molecule is Cc1cccc(Nc2nc(NC3CCN(S(=O)(=O)CCNC(=O)C4CCN(CCCOc5cccc6c5C(=O)N(C5CCC(=O)NC5=O)C6=O)CC4)CC3)ncc2Br)c1C(N)=O. The molecule has 3 saturated heterocycles. The van der Waals surface area contributed by atoms with Gasteiger partial charge < -0.3 is 31.3 Å². The number of imide groups is 2. The summed E-state index contributed by atoms with van der Waals surface area (Å²) in [6.07, 6.45) is 4.62. The number of nitrogens with zero attached hydrogens (tertiary/aromatic N) is 5. The van der Waals surface area contributed by atoms with Crippen LogP contribution in [0.4, 0.5) is 17.5 Å². The Hall–Kier alpha value is -5.51. The molecule has 6 amide bonds. The first-order valence-electron chi connectivity index (χ1n) is 20.6. The molecule has 1 atom stereocenters. The predicted octanol–water partition coefficient (Wildman–Crippen LogP) is 2.29. The van der Waals surface area contributed by atoms with Gasteiger partial charge in [-0.2, -0.15) is 4.98 Å². The van der Waals surface area contributed by atoms with Gasteiger partial charge in [0.15, 0.2) is 0 Å². The molecule has 330 valence electrons. The third kappa shape index (κ3) is 10.1. The van der Waals surface area contributed by atoms with Gasteiger partial charge >= 0.3 is 0 Å². The van der Waals surface area contributed by atoms with E-state index < -0.39 is 45.6 Å². The minimum Gasteiger partial charge on any atom is -0.493 e. The first-order chi connectivity index (χ1) is 29.7. The third-order valence-corrected chi connectivity index (χ3v) is 14.1. The molecule has 19 nitrogen and oxygen atoms in total. The van der Waals surface area contributed by atoms with Gasteiger partial charge in [0.25, 0.3) is 17.7 Å². The number of carbonyl (C=O) groups is 6. The van der Waals surface area contributed by atoms with Crippen LogP contribution in [0, 0.1) is 12.8 Å². The molecule has 62 heavy (non-hydrogen) atoms. The van der Waals surface area contributed by atoms with Gasteiger partial charge in [-0.05, 0) is 98.2 Å². The molecule has 1 unspecified atom stereocenters. The monoisotopic (exact) mass is 936 g/mol. The minimum atomic E-state index is -3.61. The number of hydrogen-bond donors (Lipinski definition) is 5. The van der Waals surface area contributed by atoms with Crippen molar-refractivity contribution in [1.82, 2.24) is 34.7 Å². The van der Waals surface area contributed by atoms with Crippen molar-refractivity contribution in [3.8, 4) is 5.75 Å². The number of primary amides is 1. The van der Waals surface area contributed by atoms with Gasteiger partial charge in [-0.15, -0.1) is 0 Å². The van der Waals surface area contributed by atoms with Gasteiger partial charge in [-0.3, -0.25) is 39.0 Å². The lowest BCUT2D eigenvalue weighted by Crippen LogP contribution is -2.54. The quantitative estimate of drug-likeness (QED) is 0.102. The molecule has 0 aliphatic carbocycles. The van der Waals surface area contributed by atoms with Gasteiger partial charge in [0, 0.05) is 50.8 Å². The first kappa shape index (κ1) is 44.5. The van der Waals surface area contributed by atoms with E-state index in [9.17, 15) is 37.2 Å². The van der Waals surface area contributed by atoms with Crippen LogP contribution in [0.1, 0.15) is 81.6 Å². The van der Waals surface area contributed by atoms with Crippen molar-refractivity contribution < 1.29 is 41.9 Å². The first-order valence-corrected chi connectivity index (χ1v) is 23.0. The van der Waals surface area contributed by atoms with Crippen LogP contribution in [0.2, 0.25) is 0 Å². The Morgan fingerprint density at radius 2 is 1.73 bits per heavy atom. The number of anilines is 3. The molecule has 7 rings (SSSR count). The van der Waals surface area contributed by atoms with Crippen molar-refractivity contribution in [2.75, 3.05) is 62.3 Å². The normalized spacial score (nSPS) is 19.3. The molecule has 0 spiro atoms. The number of benzene rings is 2. The number of hydrogen-bond acceptors (Lipinski definition) is 14. The van der Waals surface area contributed by atoms with Crippen molar-refractivity contribution in [3.05, 3.63) is 69.3 Å². The highest BCUT2D eigenvalue weighted by atomic mass is 79.9. The lowest BCUT2D eigenvalue weighted by atomic mass is 9.96. The maximum absolute atomic E-state index is 13.3. The molecule has 4 aliphatic heterocycles. The van der Waals surface area contributed by atoms with Gasteiger partial charge in [0.2, 0.25) is 33.7 Å². The number of likely N-dealkylation sites (tertiary alicyclic amines) is 1. The Morgan fingerprint density at radius 3 is 2.45 bits per heavy atom. The summed E-state index contributed by atoms with van der Waals surface area (Å²) in [5.74, 6) is -2.45. The largest absolute Gasteiger partial charge is 0.493 e. The summed E-state index contributed by atoms with van der Waals surface area (Å²) < 4.78 is 34.4. The van der Waals surface area contributed by atoms with E-state index in [-0.39, 0.29) is 66.5 Å². The van der Waals surface area contributed by atoms with Crippen LogP contribution >= 0.6 is 15.9 Å². The number of halogens is 1. The third-order valence-electron chi connectivity index (χ3n) is 11.6. The number of amides is 6. The van der Waals surface area contributed by atoms with Gasteiger partial charge in [0.05, 0.1) is 39.2 Å². The fourth-order valence-corrected chi connectivity index (χ4v) is 9.96. The van der Waals surface area contributed by atoms with Crippen LogP contribution in [-0.4, -0.2) is 132 Å². The molecule has 6 N–H and O–H groups in total. The number of fused-ring (bicyclic) bond motifs is 1. The fraction of sp³-hybridized carbons (Fsp3) is 0.463. The van der Waals surface area contributed by atoms with E-state index in [1.54, 1.807) is 37.4 Å². The van der Waals surface area contributed by atoms with Crippen molar-refractivity contribution in [1.29, 1.82) is 0 Å². The Kier molecular flexibility index (Phi) is 13.8. The van der Waals surface area contributed by atoms with E-state index in [1.165, 1.54) is 10.4 Å². The zero-order valence-electron chi connectivity index (χ0n) is 34.2. The van der Waals surface area contributed by atoms with Gasteiger partial charge in [-0.1, -0.05) is 18.2 Å². The molecule has 5 heterocycles. The molecule has 3 fully saturated rings. The number of aromatic nitrogens is 2. The second kappa shape index (κ2) is 19.3. The molecule has 0 bridgehead atoms. The fourth-order valence-electron chi connectivity index (χ4n) is 8.28. The van der Waals surface area contributed by atoms with E-state index in [0.29, 0.717) is 92.3 Å². The lowest BCUT2D eigenvalue weighted by molar-refractivity contribution is -0.136. The van der Waals surface area contributed by atoms with Crippen LogP contribution in [-0.2, 0) is 24.4 Å². The van der Waals surface area contributed by atoms with E-state index in [4.69, 9.17) is 10.5 Å². The summed E-state index contributed by atoms with van der Waals surface area (Å²) in [5, 5.41) is 11.5. The maximum atomic E-state index is 13.3. The number of ether oxygens (including phenoxy) is 1. The number of rotatable bonds is 16. The summed E-state index contributed by atoms with van der Waals surface area (Å²) >= 11 is 3.45. The Labute approximate surface area is 367 Å². The van der Waals surface area contributed by atoms with Crippen LogP contribution in [0.25, 0.3) is 0 Å². The molecule has 0 saturated carbocycles. The Morgan fingerprint density at radius 1 is 0.984 bits per heavy atom. The molecule has 21 heteroatoms. The van der Waals surface area contributed by atoms with Gasteiger partial charge in [0.1, 0.15) is 17.6 Å². The highest BCUT2D eigenvalue weighted by Crippen LogP contribution is 2.34. The molecular weight excluding hydrogens is 888 g/mol. The highest BCUT2D eigenvalue weighted by molar-refractivity contribution is 9.10. The summed E-state index contributed by atoms with van der Waals surface area (Å²) in [6.45, 7) is 4.74. The van der Waals surface area contributed by atoms with E-state index in [2.05, 4.69) is 52.1 Å². The molecule has 3 aromatic rings. The number of aryl methyl sites for hydroxylation is 1. The summed E-state index contributed by atoms with van der Waals surface area (Å²) in [6, 6.07) is 8.96. The second-order valence-electron chi connectivity index (χ2n) is 15.7. The minimum absolute atomic E-state index is 0.0143. The number of piperidine rings is 3. The van der Waals surface area contributed by atoms with Crippen molar-refractivity contribution in [3.63, 3.8) is 0 Å². The maximum Gasteiger partial charge on any atom is 0.266 e. The Bertz CT molecular complexity index is 2370. The van der Waals surface area contributed by atoms with Crippen LogP contribution in [0.3, 0.4) is 0 Å². The van der Waals surface area contributed by atoms with Crippen LogP contribution in [0.15, 0.2) is 47.1 Å². The van der Waals surface area contributed by atoms with E-state index in [1.807, 2.05) is 6.07 Å². The van der Waals surface area contributed by atoms with Gasteiger partial charge in [-0.25, -0.2) is 17.7 Å². The zero-order valence-corrected chi connectivity index (χ0v) is 36.6. The topological polar surface area (TPSA) is 255 Å². The van der Waals surface area contributed by atoms with E-state index >= 15 is 0 Å². The molecule has 2 aromatic carbocycles. The number of nitrogens with two attached hydrogens (primary N) is 1. The zero-order chi connectivity index (χ0) is 44.1. The molecule has 0 radical (unpaired) electrons. The lowest BCUT2D eigenvalue weighted by Gasteiger charge is -2.32. The smallest absolute Gasteiger partial charge is 0.266 e. The summed E-state index contributed by atoms with van der Waals surface area (Å²) in [5.41, 5.74) is 7.48. The average molecular weight is 938 g/mol. The standard InChI is InChI=1S/C41H49BrN10O9S/c1-24-5-2-7-29(33(24)35(43)54)47-36-28(42)23-45-41(49-36)46-26-13-19-51(20-14-26)62(59,60)22-15-44-37(55)25-11-17-50(18-12-25)16-4-21-61-31-8-3-6-27-34(31)40(58)52(39(27)57)30-9-10-32(53)48-38(30)56/h2-3,5-8,23,25-26,30H,4,9-22H2,1H3,(H2,43,54)(H,44,55)(H,48,53,56)(H2,45,46,47,49). The molecule has 1 aromatic heterocycles. The van der Waals surface area contributed by atoms with Crippen LogP contribution in [0.5, 0.6) is 5.75 Å². The number of sulfonamides is 1. The average Bonchev–Trinajstić information content (AvgIpc) is 3.49. The predicted molar refractivity (Wildman–Crippen MR) is 230 cm³/mol. The molecule has 4 aliphatic rings. The van der Waals surface area contributed by atoms with Crippen LogP contribution < -0.4 is 31.7 Å². The highest BCUT2D eigenvalue weighted by Gasteiger charge is 2.46. The van der Waals surface area contributed by atoms with E-state index in [0.717, 1.165) is 10.5 Å². The van der Waals surface area contributed by atoms with Crippen molar-refractivity contribution in [2.24, 2.45) is 11.7 Å². The summed E-state index contributed by atoms with van der Waals surface area (Å²) in [7, 11) is -3.61.